The monoisotopic (exact) mass is 445 g/mol. The second kappa shape index (κ2) is 7.44. The highest BCUT2D eigenvalue weighted by Gasteiger charge is 2.64. The maximum absolute atomic E-state index is 11.5. The van der Waals surface area contributed by atoms with Crippen molar-refractivity contribution < 1.29 is 28.5 Å². The van der Waals surface area contributed by atoms with E-state index < -0.39 is 38.2 Å². The summed E-state index contributed by atoms with van der Waals surface area (Å²) in [7, 11) is -0.514. The minimum Gasteiger partial charge on any atom is -0.481 e. The van der Waals surface area contributed by atoms with Crippen molar-refractivity contribution in [2.24, 2.45) is 0 Å². The minimum absolute atomic E-state index is 0.0524. The summed E-state index contributed by atoms with van der Waals surface area (Å²) in [5.74, 6) is -2.33. The number of rotatable bonds is 5. The molecule has 29 heavy (non-hydrogen) atoms. The molecule has 164 valence electrons. The van der Waals surface area contributed by atoms with E-state index in [2.05, 4.69) is 38.8 Å². The van der Waals surface area contributed by atoms with Gasteiger partial charge >= 0.3 is 0 Å². The number of halogens is 1. The Hall–Kier alpha value is -0.743. The largest absolute Gasteiger partial charge is 0.481 e. The minimum atomic E-state index is -2.01. The van der Waals surface area contributed by atoms with Gasteiger partial charge in [-0.2, -0.15) is 0 Å². The predicted molar refractivity (Wildman–Crippen MR) is 112 cm³/mol. The third-order valence-corrected chi connectivity index (χ3v) is 10.8. The van der Waals surface area contributed by atoms with E-state index in [0.717, 1.165) is 0 Å². The van der Waals surface area contributed by atoms with Crippen LogP contribution in [-0.4, -0.2) is 56.2 Å². The molecule has 3 heterocycles. The van der Waals surface area contributed by atoms with Gasteiger partial charge in [0.15, 0.2) is 14.1 Å². The number of pyridine rings is 1. The van der Waals surface area contributed by atoms with Crippen molar-refractivity contribution in [1.29, 1.82) is 0 Å². The van der Waals surface area contributed by atoms with Crippen LogP contribution in [0, 0.1) is 0 Å². The number of hydrogen-bond donors (Lipinski definition) is 1. The molecule has 2 saturated heterocycles. The first kappa shape index (κ1) is 22.9. The van der Waals surface area contributed by atoms with Crippen molar-refractivity contribution in [3.63, 3.8) is 0 Å². The molecule has 0 amide bonds. The van der Waals surface area contributed by atoms with Crippen LogP contribution in [0.3, 0.4) is 0 Å². The Balaban J connectivity index is 1.90. The quantitative estimate of drug-likeness (QED) is 0.545. The highest BCUT2D eigenvalue weighted by atomic mass is 35.5. The van der Waals surface area contributed by atoms with E-state index in [4.69, 9.17) is 35.0 Å². The zero-order chi connectivity index (χ0) is 21.8. The molecule has 1 unspecified atom stereocenters. The first-order chi connectivity index (χ1) is 13.2. The van der Waals surface area contributed by atoms with Crippen molar-refractivity contribution in [3.8, 4) is 5.88 Å². The van der Waals surface area contributed by atoms with Crippen LogP contribution in [0.15, 0.2) is 12.1 Å². The lowest BCUT2D eigenvalue weighted by atomic mass is 9.99. The SMILES string of the molecule is COc1ccc(C2(O)O[C@H](CO[Si](C)(C)C(C)(C)C)[C@H]3OC(C)(C)O[C@H]32)c(Cl)n1. The van der Waals surface area contributed by atoms with Crippen molar-refractivity contribution in [3.05, 3.63) is 22.8 Å². The highest BCUT2D eigenvalue weighted by Crippen LogP contribution is 2.49. The van der Waals surface area contributed by atoms with Crippen LogP contribution >= 0.6 is 11.6 Å². The third-order valence-electron chi connectivity index (χ3n) is 6.05. The maximum atomic E-state index is 11.5. The molecule has 2 fully saturated rings. The van der Waals surface area contributed by atoms with Crippen LogP contribution in [0.2, 0.25) is 23.3 Å². The fraction of sp³-hybridized carbons (Fsp3) is 0.750. The van der Waals surface area contributed by atoms with Gasteiger partial charge in [-0.05, 0) is 38.0 Å². The summed E-state index contributed by atoms with van der Waals surface area (Å²) >= 11 is 6.34. The number of methoxy groups -OCH3 is 1. The summed E-state index contributed by atoms with van der Waals surface area (Å²) in [6.45, 7) is 14.8. The van der Waals surface area contributed by atoms with Crippen molar-refractivity contribution in [1.82, 2.24) is 4.98 Å². The van der Waals surface area contributed by atoms with Gasteiger partial charge < -0.3 is 28.5 Å². The fourth-order valence-corrected chi connectivity index (χ4v) is 4.68. The molecule has 1 N–H and O–H groups in total. The van der Waals surface area contributed by atoms with Gasteiger partial charge in [0.05, 0.1) is 19.3 Å². The molecule has 2 aliphatic heterocycles. The van der Waals surface area contributed by atoms with Crippen LogP contribution in [-0.2, 0) is 24.4 Å². The number of nitrogens with zero attached hydrogens (tertiary/aromatic N) is 1. The second-order valence-corrected chi connectivity index (χ2v) is 14.8. The number of hydrogen-bond acceptors (Lipinski definition) is 7. The summed E-state index contributed by atoms with van der Waals surface area (Å²) in [5.41, 5.74) is 0.311. The van der Waals surface area contributed by atoms with Gasteiger partial charge in [-0.15, -0.1) is 0 Å². The van der Waals surface area contributed by atoms with E-state index in [1.54, 1.807) is 12.1 Å². The number of ether oxygens (including phenoxy) is 4. The first-order valence-corrected chi connectivity index (χ1v) is 13.1. The van der Waals surface area contributed by atoms with Gasteiger partial charge in [0.25, 0.3) is 0 Å². The van der Waals surface area contributed by atoms with E-state index in [0.29, 0.717) is 18.1 Å². The molecule has 0 saturated carbocycles. The maximum Gasteiger partial charge on any atom is 0.225 e. The summed E-state index contributed by atoms with van der Waals surface area (Å²) < 4.78 is 29.7. The summed E-state index contributed by atoms with van der Waals surface area (Å²) in [6, 6.07) is 3.26. The first-order valence-electron chi connectivity index (χ1n) is 9.81. The van der Waals surface area contributed by atoms with Gasteiger partial charge in [0, 0.05) is 6.07 Å². The number of aromatic nitrogens is 1. The summed E-state index contributed by atoms with van der Waals surface area (Å²) in [4.78, 5) is 4.16. The zero-order valence-corrected chi connectivity index (χ0v) is 20.2. The summed E-state index contributed by atoms with van der Waals surface area (Å²) in [5, 5.41) is 11.7. The van der Waals surface area contributed by atoms with E-state index in [9.17, 15) is 5.11 Å². The van der Waals surface area contributed by atoms with E-state index >= 15 is 0 Å². The lowest BCUT2D eigenvalue weighted by Crippen LogP contribution is -2.44. The third kappa shape index (κ3) is 4.21. The van der Waals surface area contributed by atoms with Gasteiger partial charge in [0.2, 0.25) is 11.7 Å². The average Bonchev–Trinajstić information content (AvgIpc) is 3.04. The molecule has 9 heteroatoms. The molecule has 7 nitrogen and oxygen atoms in total. The Morgan fingerprint density at radius 1 is 1.21 bits per heavy atom. The Bertz CT molecular complexity index is 768. The molecule has 0 aliphatic carbocycles. The molecular weight excluding hydrogens is 414 g/mol. The predicted octanol–water partition coefficient (Wildman–Crippen LogP) is 3.83. The van der Waals surface area contributed by atoms with Gasteiger partial charge in [-0.25, -0.2) is 4.98 Å². The van der Waals surface area contributed by atoms with Gasteiger partial charge in [-0.1, -0.05) is 32.4 Å². The van der Waals surface area contributed by atoms with Crippen LogP contribution < -0.4 is 4.74 Å². The Morgan fingerprint density at radius 3 is 2.41 bits per heavy atom. The normalized spacial score (nSPS) is 31.7. The summed E-state index contributed by atoms with van der Waals surface area (Å²) in [6.07, 6.45) is -1.78. The van der Waals surface area contributed by atoms with Crippen molar-refractivity contribution in [2.45, 2.75) is 82.6 Å². The standard InChI is InChI=1S/C20H32ClNO6Si/c1-18(2,3)29(7,8)25-11-13-15-16(28-19(4,5)27-15)20(23,26-13)12-9-10-14(24-6)22-17(12)21/h9-10,13,15-16,23H,11H2,1-8H3/t13-,15-,16-,20?/m1/s1. The smallest absolute Gasteiger partial charge is 0.225 e. The lowest BCUT2D eigenvalue weighted by Gasteiger charge is -2.37. The molecule has 2 aliphatic rings. The second-order valence-electron chi connectivity index (χ2n) is 9.64. The fourth-order valence-electron chi connectivity index (χ4n) is 3.38. The van der Waals surface area contributed by atoms with Gasteiger partial charge in [0.1, 0.15) is 23.5 Å². The Labute approximate surface area is 178 Å². The molecule has 0 bridgehead atoms. The van der Waals surface area contributed by atoms with Crippen LogP contribution in [0.5, 0.6) is 5.88 Å². The van der Waals surface area contributed by atoms with E-state index in [-0.39, 0.29) is 10.2 Å². The molecule has 0 radical (unpaired) electrons. The number of fused-ring (bicyclic) bond motifs is 1. The van der Waals surface area contributed by atoms with Crippen LogP contribution in [0.1, 0.15) is 40.2 Å². The lowest BCUT2D eigenvalue weighted by molar-refractivity contribution is -0.283. The molecule has 1 aromatic rings. The van der Waals surface area contributed by atoms with E-state index in [1.165, 1.54) is 7.11 Å². The average molecular weight is 446 g/mol. The Morgan fingerprint density at radius 2 is 1.86 bits per heavy atom. The molecule has 1 aromatic heterocycles. The highest BCUT2D eigenvalue weighted by molar-refractivity contribution is 6.74. The van der Waals surface area contributed by atoms with E-state index in [1.807, 2.05) is 13.8 Å². The topological polar surface area (TPSA) is 79.3 Å². The molecule has 3 rings (SSSR count). The van der Waals surface area contributed by atoms with Crippen LogP contribution in [0.4, 0.5) is 0 Å². The number of aliphatic hydroxyl groups is 1. The molecule has 0 aromatic carbocycles. The molecular formula is C20H32ClNO6Si. The van der Waals surface area contributed by atoms with Crippen molar-refractivity contribution >= 4 is 19.9 Å². The Kier molecular flexibility index (Phi) is 5.88. The van der Waals surface area contributed by atoms with Gasteiger partial charge in [-0.3, -0.25) is 0 Å². The molecule has 0 spiro atoms. The van der Waals surface area contributed by atoms with Crippen molar-refractivity contribution in [2.75, 3.05) is 13.7 Å². The van der Waals surface area contributed by atoms with Crippen LogP contribution in [0.25, 0.3) is 0 Å². The zero-order valence-electron chi connectivity index (χ0n) is 18.4. The molecule has 4 atom stereocenters.